The third-order valence-corrected chi connectivity index (χ3v) is 3.39. The number of hydrogen-bond acceptors (Lipinski definition) is 7. The molecular formula is C15H13N3O7. The highest BCUT2D eigenvalue weighted by molar-refractivity contribution is 5.92. The average Bonchev–Trinajstić information content (AvgIpc) is 2.58. The van der Waals surface area contributed by atoms with E-state index in [1.54, 1.807) is 24.3 Å². The number of nitrogens with zero attached hydrogens (tertiary/aromatic N) is 2. The Hall–Kier alpha value is -3.69. The summed E-state index contributed by atoms with van der Waals surface area (Å²) in [7, 11) is 1.45. The largest absolute Gasteiger partial charge is 0.496 e. The molecule has 0 aliphatic rings. The van der Waals surface area contributed by atoms with Gasteiger partial charge in [-0.05, 0) is 6.07 Å². The summed E-state index contributed by atoms with van der Waals surface area (Å²) in [4.78, 5) is 31.8. The number of nitro benzene ring substituents is 2. The van der Waals surface area contributed by atoms with Crippen molar-refractivity contribution in [3.05, 3.63) is 67.8 Å². The van der Waals surface area contributed by atoms with E-state index in [2.05, 4.69) is 5.32 Å². The smallest absolute Gasteiger partial charge is 0.336 e. The van der Waals surface area contributed by atoms with Crippen molar-refractivity contribution >= 4 is 23.0 Å². The Kier molecular flexibility index (Phi) is 5.12. The zero-order valence-corrected chi connectivity index (χ0v) is 13.0. The van der Waals surface area contributed by atoms with Crippen LogP contribution in [0.15, 0.2) is 36.4 Å². The van der Waals surface area contributed by atoms with Gasteiger partial charge >= 0.3 is 5.97 Å². The van der Waals surface area contributed by atoms with Crippen LogP contribution in [0.1, 0.15) is 15.9 Å². The maximum absolute atomic E-state index is 11.2. The number of methoxy groups -OCH3 is 1. The van der Waals surface area contributed by atoms with E-state index >= 15 is 0 Å². The van der Waals surface area contributed by atoms with Gasteiger partial charge in [-0.25, -0.2) is 4.79 Å². The fourth-order valence-corrected chi connectivity index (χ4v) is 2.24. The van der Waals surface area contributed by atoms with Crippen molar-refractivity contribution in [3.63, 3.8) is 0 Å². The summed E-state index contributed by atoms with van der Waals surface area (Å²) in [6.07, 6.45) is 0. The van der Waals surface area contributed by atoms with E-state index in [4.69, 9.17) is 9.84 Å². The lowest BCUT2D eigenvalue weighted by Gasteiger charge is -2.11. The molecular weight excluding hydrogens is 334 g/mol. The Balaban J connectivity index is 2.49. The van der Waals surface area contributed by atoms with Crippen LogP contribution in [0, 0.1) is 20.2 Å². The van der Waals surface area contributed by atoms with Gasteiger partial charge in [-0.2, -0.15) is 0 Å². The first-order valence-electron chi connectivity index (χ1n) is 6.91. The van der Waals surface area contributed by atoms with E-state index in [-0.39, 0.29) is 12.2 Å². The van der Waals surface area contributed by atoms with E-state index < -0.39 is 32.8 Å². The van der Waals surface area contributed by atoms with Gasteiger partial charge in [0.15, 0.2) is 5.69 Å². The molecule has 0 radical (unpaired) electrons. The van der Waals surface area contributed by atoms with Gasteiger partial charge in [0.25, 0.3) is 11.4 Å². The number of carbonyl (C=O) groups is 1. The Bertz CT molecular complexity index is 816. The van der Waals surface area contributed by atoms with Crippen molar-refractivity contribution in [1.29, 1.82) is 0 Å². The minimum atomic E-state index is -1.50. The summed E-state index contributed by atoms with van der Waals surface area (Å²) < 4.78 is 5.15. The molecule has 0 aromatic heterocycles. The molecule has 2 aromatic carbocycles. The quantitative estimate of drug-likeness (QED) is 0.574. The number of benzene rings is 2. The Morgan fingerprint density at radius 1 is 1.16 bits per heavy atom. The van der Waals surface area contributed by atoms with Crippen LogP contribution in [0.5, 0.6) is 5.75 Å². The topological polar surface area (TPSA) is 145 Å². The predicted molar refractivity (Wildman–Crippen MR) is 87.0 cm³/mol. The Morgan fingerprint density at radius 3 is 2.20 bits per heavy atom. The normalized spacial score (nSPS) is 10.1. The average molecular weight is 347 g/mol. The van der Waals surface area contributed by atoms with Crippen LogP contribution >= 0.6 is 0 Å². The van der Waals surface area contributed by atoms with Gasteiger partial charge < -0.3 is 15.2 Å². The number of rotatable bonds is 7. The molecule has 0 heterocycles. The van der Waals surface area contributed by atoms with Crippen LogP contribution in [0.4, 0.5) is 17.1 Å². The SMILES string of the molecule is COc1ccccc1CNc1c([N+](=O)[O-])cc(C(=O)O)cc1[N+](=O)[O-]. The highest BCUT2D eigenvalue weighted by Crippen LogP contribution is 2.36. The summed E-state index contributed by atoms with van der Waals surface area (Å²) in [5, 5.41) is 34.1. The first-order chi connectivity index (χ1) is 11.8. The van der Waals surface area contributed by atoms with E-state index in [1.807, 2.05) is 0 Å². The molecule has 0 aliphatic heterocycles. The number of carboxylic acid groups (broad SMARTS) is 1. The van der Waals surface area contributed by atoms with Gasteiger partial charge in [0.05, 0.1) is 22.5 Å². The first-order valence-corrected chi connectivity index (χ1v) is 6.91. The van der Waals surface area contributed by atoms with Crippen molar-refractivity contribution < 1.29 is 24.5 Å². The predicted octanol–water partition coefficient (Wildman–Crippen LogP) is 2.82. The summed E-state index contributed by atoms with van der Waals surface area (Å²) in [5.41, 5.74) is -1.67. The number of carboxylic acids is 1. The Morgan fingerprint density at radius 2 is 1.72 bits per heavy atom. The van der Waals surface area contributed by atoms with Gasteiger partial charge in [0.2, 0.25) is 0 Å². The molecule has 10 nitrogen and oxygen atoms in total. The zero-order chi connectivity index (χ0) is 18.6. The second-order valence-electron chi connectivity index (χ2n) is 4.87. The van der Waals surface area contributed by atoms with Crippen molar-refractivity contribution in [2.24, 2.45) is 0 Å². The molecule has 0 aliphatic carbocycles. The Labute approximate surface area is 141 Å². The van der Waals surface area contributed by atoms with Crippen LogP contribution < -0.4 is 10.1 Å². The molecule has 130 valence electrons. The molecule has 0 saturated heterocycles. The van der Waals surface area contributed by atoms with Gasteiger partial charge in [0, 0.05) is 24.2 Å². The summed E-state index contributed by atoms with van der Waals surface area (Å²) in [6, 6.07) is 8.37. The van der Waals surface area contributed by atoms with Gasteiger partial charge in [-0.15, -0.1) is 0 Å². The fraction of sp³-hybridized carbons (Fsp3) is 0.133. The van der Waals surface area contributed by atoms with Crippen molar-refractivity contribution in [1.82, 2.24) is 0 Å². The summed E-state index contributed by atoms with van der Waals surface area (Å²) in [5.74, 6) is -0.995. The van der Waals surface area contributed by atoms with Crippen LogP contribution in [-0.4, -0.2) is 28.0 Å². The van der Waals surface area contributed by atoms with Gasteiger partial charge in [-0.3, -0.25) is 20.2 Å². The molecule has 25 heavy (non-hydrogen) atoms. The molecule has 0 spiro atoms. The van der Waals surface area contributed by atoms with Crippen molar-refractivity contribution in [2.75, 3.05) is 12.4 Å². The highest BCUT2D eigenvalue weighted by Gasteiger charge is 2.28. The fourth-order valence-electron chi connectivity index (χ4n) is 2.24. The molecule has 0 atom stereocenters. The molecule has 0 amide bonds. The van der Waals surface area contributed by atoms with E-state index in [0.717, 1.165) is 12.1 Å². The molecule has 0 unspecified atom stereocenters. The minimum absolute atomic E-state index is 0.0120. The molecule has 0 bridgehead atoms. The van der Waals surface area contributed by atoms with Crippen LogP contribution in [0.25, 0.3) is 0 Å². The number of ether oxygens (including phenoxy) is 1. The van der Waals surface area contributed by atoms with E-state index in [9.17, 15) is 25.0 Å². The second-order valence-corrected chi connectivity index (χ2v) is 4.87. The number of nitrogens with one attached hydrogen (secondary N) is 1. The first kappa shape index (κ1) is 17.7. The number of aromatic carboxylic acids is 1. The monoisotopic (exact) mass is 347 g/mol. The summed E-state index contributed by atoms with van der Waals surface area (Å²) >= 11 is 0. The van der Waals surface area contributed by atoms with Gasteiger partial charge in [0.1, 0.15) is 5.75 Å². The number of para-hydroxylation sites is 1. The molecule has 0 fully saturated rings. The third-order valence-electron chi connectivity index (χ3n) is 3.39. The molecule has 10 heteroatoms. The lowest BCUT2D eigenvalue weighted by Crippen LogP contribution is -2.09. The highest BCUT2D eigenvalue weighted by atomic mass is 16.6. The minimum Gasteiger partial charge on any atom is -0.496 e. The summed E-state index contributed by atoms with van der Waals surface area (Å²) in [6.45, 7) is 0.0120. The van der Waals surface area contributed by atoms with Crippen LogP contribution in [0.3, 0.4) is 0 Å². The van der Waals surface area contributed by atoms with Crippen molar-refractivity contribution in [2.45, 2.75) is 6.54 Å². The lowest BCUT2D eigenvalue weighted by atomic mass is 10.1. The maximum atomic E-state index is 11.2. The standard InChI is InChI=1S/C15H13N3O7/c1-25-13-5-3-2-4-9(13)8-16-14-11(17(21)22)6-10(15(19)20)7-12(14)18(23)24/h2-7,16H,8H2,1H3,(H,19,20). The zero-order valence-electron chi connectivity index (χ0n) is 13.0. The van der Waals surface area contributed by atoms with E-state index in [0.29, 0.717) is 11.3 Å². The third kappa shape index (κ3) is 3.80. The lowest BCUT2D eigenvalue weighted by molar-refractivity contribution is -0.392. The molecule has 0 saturated carbocycles. The number of nitro groups is 2. The number of hydrogen-bond donors (Lipinski definition) is 2. The molecule has 2 N–H and O–H groups in total. The molecule has 2 rings (SSSR count). The van der Waals surface area contributed by atoms with Gasteiger partial charge in [-0.1, -0.05) is 18.2 Å². The van der Waals surface area contributed by atoms with E-state index in [1.165, 1.54) is 7.11 Å². The van der Waals surface area contributed by atoms with Crippen molar-refractivity contribution in [3.8, 4) is 5.75 Å². The molecule has 2 aromatic rings. The maximum Gasteiger partial charge on any atom is 0.336 e. The van der Waals surface area contributed by atoms with Crippen LogP contribution in [0.2, 0.25) is 0 Å². The van der Waals surface area contributed by atoms with Crippen LogP contribution in [-0.2, 0) is 6.54 Å². The second kappa shape index (κ2) is 7.25. The number of anilines is 1.